The zero-order valence-electron chi connectivity index (χ0n) is 14.6. The highest BCUT2D eigenvalue weighted by Gasteiger charge is 2.20. The molecule has 1 amide bonds. The largest absolute Gasteiger partial charge is 0.356 e. The predicted molar refractivity (Wildman–Crippen MR) is 97.0 cm³/mol. The summed E-state index contributed by atoms with van der Waals surface area (Å²) in [5, 5.41) is 3.39. The Balaban J connectivity index is 1.40. The molecule has 5 heteroatoms. The summed E-state index contributed by atoms with van der Waals surface area (Å²) >= 11 is 0. The summed E-state index contributed by atoms with van der Waals surface area (Å²) in [7, 11) is 1.83. The predicted octanol–water partition coefficient (Wildman–Crippen LogP) is 2.02. The Labute approximate surface area is 144 Å². The number of likely N-dealkylation sites (tertiary alicyclic amines) is 1. The number of carbonyl (C=O) groups is 1. The smallest absolute Gasteiger partial charge is 0.222 e. The average molecular weight is 328 g/mol. The van der Waals surface area contributed by atoms with Gasteiger partial charge >= 0.3 is 0 Å². The van der Waals surface area contributed by atoms with Crippen LogP contribution in [0.25, 0.3) is 0 Å². The van der Waals surface area contributed by atoms with Gasteiger partial charge in [0.15, 0.2) is 5.96 Å². The van der Waals surface area contributed by atoms with Crippen molar-refractivity contribution in [2.45, 2.75) is 38.6 Å². The maximum atomic E-state index is 12.4. The van der Waals surface area contributed by atoms with Gasteiger partial charge in [0.1, 0.15) is 0 Å². The Bertz CT molecular complexity index is 593. The Morgan fingerprint density at radius 3 is 2.62 bits per heavy atom. The minimum Gasteiger partial charge on any atom is -0.356 e. The molecule has 1 aromatic rings. The molecular formula is C19H28N4O. The lowest BCUT2D eigenvalue weighted by Gasteiger charge is -2.29. The van der Waals surface area contributed by atoms with Crippen molar-refractivity contribution in [2.24, 2.45) is 4.99 Å². The van der Waals surface area contributed by atoms with Gasteiger partial charge in [-0.05, 0) is 36.8 Å². The van der Waals surface area contributed by atoms with E-state index in [1.807, 2.05) is 11.9 Å². The number of fused-ring (bicyclic) bond motifs is 1. The van der Waals surface area contributed by atoms with Gasteiger partial charge in [-0.2, -0.15) is 0 Å². The third kappa shape index (κ3) is 4.08. The molecule has 1 saturated heterocycles. The average Bonchev–Trinajstić information content (AvgIpc) is 3.15. The van der Waals surface area contributed by atoms with Crippen LogP contribution in [0.3, 0.4) is 0 Å². The number of nitrogens with one attached hydrogen (secondary N) is 1. The fourth-order valence-electron chi connectivity index (χ4n) is 3.57. The van der Waals surface area contributed by atoms with Crippen molar-refractivity contribution in [3.63, 3.8) is 0 Å². The molecule has 0 unspecified atom stereocenters. The molecule has 0 bridgehead atoms. The zero-order valence-corrected chi connectivity index (χ0v) is 14.6. The van der Waals surface area contributed by atoms with Crippen molar-refractivity contribution in [3.8, 4) is 0 Å². The fraction of sp³-hybridized carbons (Fsp3) is 0.579. The molecule has 2 aliphatic heterocycles. The molecule has 24 heavy (non-hydrogen) atoms. The van der Waals surface area contributed by atoms with E-state index in [0.717, 1.165) is 51.5 Å². The molecule has 130 valence electrons. The minimum atomic E-state index is 0.266. The number of aliphatic imine (C=N–C) groups is 1. The van der Waals surface area contributed by atoms with Crippen LogP contribution in [0.2, 0.25) is 0 Å². The molecule has 0 atom stereocenters. The second-order valence-corrected chi connectivity index (χ2v) is 6.61. The maximum absolute atomic E-state index is 12.4. The van der Waals surface area contributed by atoms with Gasteiger partial charge in [-0.1, -0.05) is 24.3 Å². The Hall–Kier alpha value is -2.04. The van der Waals surface area contributed by atoms with Gasteiger partial charge in [-0.25, -0.2) is 0 Å². The van der Waals surface area contributed by atoms with Gasteiger partial charge in [0, 0.05) is 46.2 Å². The van der Waals surface area contributed by atoms with E-state index < -0.39 is 0 Å². The van der Waals surface area contributed by atoms with Crippen LogP contribution in [0.1, 0.15) is 36.8 Å². The summed E-state index contributed by atoms with van der Waals surface area (Å²) in [6.07, 6.45) is 4.92. The van der Waals surface area contributed by atoms with E-state index in [1.165, 1.54) is 24.0 Å². The van der Waals surface area contributed by atoms with E-state index in [4.69, 9.17) is 0 Å². The first-order chi connectivity index (χ1) is 11.8. The molecule has 0 saturated carbocycles. The van der Waals surface area contributed by atoms with Crippen LogP contribution in [-0.2, 0) is 17.8 Å². The number of guanidine groups is 1. The van der Waals surface area contributed by atoms with Gasteiger partial charge in [0.05, 0.1) is 0 Å². The highest BCUT2D eigenvalue weighted by atomic mass is 16.2. The third-order valence-electron chi connectivity index (χ3n) is 4.95. The quantitative estimate of drug-likeness (QED) is 0.523. The maximum Gasteiger partial charge on any atom is 0.222 e. The number of rotatable bonds is 4. The first-order valence-electron chi connectivity index (χ1n) is 9.08. The van der Waals surface area contributed by atoms with Crippen LogP contribution in [-0.4, -0.2) is 54.9 Å². The van der Waals surface area contributed by atoms with Crippen molar-refractivity contribution in [1.29, 1.82) is 0 Å². The summed E-state index contributed by atoms with van der Waals surface area (Å²) in [5.41, 5.74) is 2.68. The molecule has 1 aromatic carbocycles. The molecular weight excluding hydrogens is 300 g/mol. The first kappa shape index (κ1) is 16.8. The van der Waals surface area contributed by atoms with Gasteiger partial charge < -0.3 is 15.1 Å². The lowest BCUT2D eigenvalue weighted by molar-refractivity contribution is -0.132. The number of amides is 1. The van der Waals surface area contributed by atoms with Crippen molar-refractivity contribution in [1.82, 2.24) is 15.1 Å². The molecule has 1 fully saturated rings. The molecule has 0 spiro atoms. The van der Waals surface area contributed by atoms with Gasteiger partial charge in [-0.15, -0.1) is 0 Å². The molecule has 2 aliphatic rings. The van der Waals surface area contributed by atoms with Crippen molar-refractivity contribution in [3.05, 3.63) is 35.4 Å². The Kier molecular flexibility index (Phi) is 5.72. The van der Waals surface area contributed by atoms with E-state index in [1.54, 1.807) is 0 Å². The van der Waals surface area contributed by atoms with E-state index in [0.29, 0.717) is 6.42 Å². The Morgan fingerprint density at radius 1 is 1.12 bits per heavy atom. The lowest BCUT2D eigenvalue weighted by Crippen LogP contribution is -2.40. The SMILES string of the molecule is CN=C(NCCCC(=O)N1CCc2ccccc2C1)N1CCCC1. The lowest BCUT2D eigenvalue weighted by atomic mass is 9.99. The standard InChI is InChI=1S/C19H28N4O/c1-20-19(22-12-4-5-13-22)21-11-6-9-18(24)23-14-10-16-7-2-3-8-17(16)15-23/h2-3,7-8H,4-6,9-15H2,1H3,(H,20,21). The summed E-state index contributed by atoms with van der Waals surface area (Å²) in [4.78, 5) is 21.1. The van der Waals surface area contributed by atoms with Crippen LogP contribution in [0.4, 0.5) is 0 Å². The summed E-state index contributed by atoms with van der Waals surface area (Å²) in [6, 6.07) is 8.44. The number of hydrogen-bond donors (Lipinski definition) is 1. The molecule has 0 aliphatic carbocycles. The van der Waals surface area contributed by atoms with E-state index >= 15 is 0 Å². The fourth-order valence-corrected chi connectivity index (χ4v) is 3.57. The van der Waals surface area contributed by atoms with Crippen LogP contribution < -0.4 is 5.32 Å². The van der Waals surface area contributed by atoms with E-state index in [9.17, 15) is 4.79 Å². The van der Waals surface area contributed by atoms with Crippen molar-refractivity contribution in [2.75, 3.05) is 33.2 Å². The molecule has 0 radical (unpaired) electrons. The highest BCUT2D eigenvalue weighted by Crippen LogP contribution is 2.19. The molecule has 0 aromatic heterocycles. The molecule has 5 nitrogen and oxygen atoms in total. The Morgan fingerprint density at radius 2 is 1.88 bits per heavy atom. The molecule has 2 heterocycles. The minimum absolute atomic E-state index is 0.266. The normalized spacial score (nSPS) is 17.8. The topological polar surface area (TPSA) is 47.9 Å². The number of benzene rings is 1. The number of hydrogen-bond acceptors (Lipinski definition) is 2. The van der Waals surface area contributed by atoms with Crippen molar-refractivity contribution < 1.29 is 4.79 Å². The second-order valence-electron chi connectivity index (χ2n) is 6.61. The van der Waals surface area contributed by atoms with E-state index in [-0.39, 0.29) is 5.91 Å². The summed E-state index contributed by atoms with van der Waals surface area (Å²) < 4.78 is 0. The van der Waals surface area contributed by atoms with Gasteiger partial charge in [0.2, 0.25) is 5.91 Å². The van der Waals surface area contributed by atoms with Crippen molar-refractivity contribution >= 4 is 11.9 Å². The summed E-state index contributed by atoms with van der Waals surface area (Å²) in [6.45, 7) is 4.59. The highest BCUT2D eigenvalue weighted by molar-refractivity contribution is 5.80. The third-order valence-corrected chi connectivity index (χ3v) is 4.95. The molecule has 1 N–H and O–H groups in total. The molecule has 3 rings (SSSR count). The monoisotopic (exact) mass is 328 g/mol. The zero-order chi connectivity index (χ0) is 16.8. The number of nitrogens with zero attached hydrogens (tertiary/aromatic N) is 3. The van der Waals surface area contributed by atoms with E-state index in [2.05, 4.69) is 39.5 Å². The van der Waals surface area contributed by atoms with Crippen LogP contribution in [0.15, 0.2) is 29.3 Å². The van der Waals surface area contributed by atoms with Gasteiger partial charge in [0.25, 0.3) is 0 Å². The first-order valence-corrected chi connectivity index (χ1v) is 9.08. The summed E-state index contributed by atoms with van der Waals surface area (Å²) in [5.74, 6) is 1.24. The van der Waals surface area contributed by atoms with Gasteiger partial charge in [-0.3, -0.25) is 9.79 Å². The van der Waals surface area contributed by atoms with Crippen LogP contribution >= 0.6 is 0 Å². The van der Waals surface area contributed by atoms with Crippen LogP contribution in [0.5, 0.6) is 0 Å². The second kappa shape index (κ2) is 8.18. The van der Waals surface area contributed by atoms with Crippen LogP contribution in [0, 0.1) is 0 Å². The number of carbonyl (C=O) groups excluding carboxylic acids is 1.